The highest BCUT2D eigenvalue weighted by Crippen LogP contribution is 2.34. The van der Waals surface area contributed by atoms with Gasteiger partial charge in [-0.05, 0) is 45.2 Å². The van der Waals surface area contributed by atoms with Gasteiger partial charge in [-0.25, -0.2) is 0 Å². The van der Waals surface area contributed by atoms with E-state index in [9.17, 15) is 0 Å². The summed E-state index contributed by atoms with van der Waals surface area (Å²) in [5, 5.41) is 0. The minimum Gasteiger partial charge on any atom is -0.329 e. The molecule has 0 aromatic heterocycles. The summed E-state index contributed by atoms with van der Waals surface area (Å²) in [5.74, 6) is 0.843. The molecule has 0 spiro atoms. The Morgan fingerprint density at radius 1 is 1.24 bits per heavy atom. The molecule has 2 rings (SSSR count). The number of nitrogens with two attached hydrogens (primary N) is 1. The Balaban J connectivity index is 2.03. The predicted molar refractivity (Wildman–Crippen MR) is 72.9 cm³/mol. The van der Waals surface area contributed by atoms with E-state index in [1.807, 2.05) is 0 Å². The lowest BCUT2D eigenvalue weighted by Crippen LogP contribution is -2.39. The average molecular weight is 232 g/mol. The first kappa shape index (κ1) is 12.6. The Morgan fingerprint density at radius 2 is 1.82 bits per heavy atom. The SMILES string of the molecule is Cc1cc(C)cc(CN(C)C(CN)C2CC2)c1. The second-order valence-corrected chi connectivity index (χ2v) is 5.55. The van der Waals surface area contributed by atoms with Gasteiger partial charge in [-0.15, -0.1) is 0 Å². The minimum atomic E-state index is 0.566. The fourth-order valence-electron chi connectivity index (χ4n) is 2.78. The van der Waals surface area contributed by atoms with Gasteiger partial charge in [0.05, 0.1) is 0 Å². The van der Waals surface area contributed by atoms with Gasteiger partial charge in [-0.3, -0.25) is 4.90 Å². The first-order valence-electron chi connectivity index (χ1n) is 6.57. The van der Waals surface area contributed by atoms with Crippen LogP contribution in [0.2, 0.25) is 0 Å². The largest absolute Gasteiger partial charge is 0.329 e. The quantitative estimate of drug-likeness (QED) is 0.845. The molecule has 1 fully saturated rings. The maximum absolute atomic E-state index is 5.89. The van der Waals surface area contributed by atoms with E-state index in [1.165, 1.54) is 29.5 Å². The van der Waals surface area contributed by atoms with Crippen LogP contribution in [0, 0.1) is 19.8 Å². The molecule has 0 amide bonds. The Bertz CT molecular complexity index is 362. The van der Waals surface area contributed by atoms with Crippen LogP contribution >= 0.6 is 0 Å². The molecule has 1 unspecified atom stereocenters. The third-order valence-electron chi connectivity index (χ3n) is 3.69. The Hall–Kier alpha value is -0.860. The van der Waals surface area contributed by atoms with Crippen molar-refractivity contribution in [2.24, 2.45) is 11.7 Å². The second-order valence-electron chi connectivity index (χ2n) is 5.55. The number of benzene rings is 1. The fourth-order valence-corrected chi connectivity index (χ4v) is 2.78. The van der Waals surface area contributed by atoms with Crippen LogP contribution in [0.5, 0.6) is 0 Å². The van der Waals surface area contributed by atoms with Crippen molar-refractivity contribution in [1.82, 2.24) is 4.90 Å². The monoisotopic (exact) mass is 232 g/mol. The van der Waals surface area contributed by atoms with E-state index in [0.717, 1.165) is 19.0 Å². The van der Waals surface area contributed by atoms with Crippen molar-refractivity contribution in [2.45, 2.75) is 39.3 Å². The second kappa shape index (κ2) is 5.19. The van der Waals surface area contributed by atoms with Crippen molar-refractivity contribution >= 4 is 0 Å². The molecule has 1 saturated carbocycles. The standard InChI is InChI=1S/C15H24N2/c1-11-6-12(2)8-13(7-11)10-17(3)15(9-16)14-4-5-14/h6-8,14-15H,4-5,9-10,16H2,1-3H3. The Labute approximate surface area is 105 Å². The molecule has 0 bridgehead atoms. The first-order chi connectivity index (χ1) is 8.10. The molecule has 1 aliphatic carbocycles. The van der Waals surface area contributed by atoms with Crippen LogP contribution < -0.4 is 5.73 Å². The molecule has 2 heteroatoms. The lowest BCUT2D eigenvalue weighted by Gasteiger charge is -2.27. The molecule has 1 atom stereocenters. The van der Waals surface area contributed by atoms with Gasteiger partial charge in [0, 0.05) is 19.1 Å². The average Bonchev–Trinajstić information content (AvgIpc) is 3.01. The zero-order valence-corrected chi connectivity index (χ0v) is 11.2. The highest BCUT2D eigenvalue weighted by molar-refractivity contribution is 5.28. The maximum atomic E-state index is 5.89. The van der Waals surface area contributed by atoms with Crippen molar-refractivity contribution in [3.8, 4) is 0 Å². The van der Waals surface area contributed by atoms with Crippen LogP contribution in [0.15, 0.2) is 18.2 Å². The van der Waals surface area contributed by atoms with Crippen LogP contribution in [-0.4, -0.2) is 24.5 Å². The van der Waals surface area contributed by atoms with Gasteiger partial charge in [0.1, 0.15) is 0 Å². The third-order valence-corrected chi connectivity index (χ3v) is 3.69. The van der Waals surface area contributed by atoms with E-state index in [4.69, 9.17) is 5.73 Å². The number of hydrogen-bond acceptors (Lipinski definition) is 2. The predicted octanol–water partition coefficient (Wildman–Crippen LogP) is 2.47. The van der Waals surface area contributed by atoms with Crippen LogP contribution in [0.25, 0.3) is 0 Å². The lowest BCUT2D eigenvalue weighted by molar-refractivity contribution is 0.215. The molecular weight excluding hydrogens is 208 g/mol. The molecule has 0 radical (unpaired) electrons. The summed E-state index contributed by atoms with van der Waals surface area (Å²) in [4.78, 5) is 2.42. The van der Waals surface area contributed by atoms with Crippen molar-refractivity contribution in [3.05, 3.63) is 34.9 Å². The number of likely N-dealkylation sites (N-methyl/N-ethyl adjacent to an activating group) is 1. The van der Waals surface area contributed by atoms with Crippen molar-refractivity contribution in [1.29, 1.82) is 0 Å². The number of hydrogen-bond donors (Lipinski definition) is 1. The molecule has 1 aromatic rings. The molecule has 1 aromatic carbocycles. The molecule has 2 N–H and O–H groups in total. The molecule has 2 nitrogen and oxygen atoms in total. The van der Waals surface area contributed by atoms with Gasteiger partial charge in [0.15, 0.2) is 0 Å². The summed E-state index contributed by atoms with van der Waals surface area (Å²) in [5.41, 5.74) is 10.00. The minimum absolute atomic E-state index is 0.566. The van der Waals surface area contributed by atoms with E-state index in [2.05, 4.69) is 44.0 Å². The summed E-state index contributed by atoms with van der Waals surface area (Å²) in [6.07, 6.45) is 2.72. The highest BCUT2D eigenvalue weighted by atomic mass is 15.1. The summed E-state index contributed by atoms with van der Waals surface area (Å²) >= 11 is 0. The zero-order valence-electron chi connectivity index (χ0n) is 11.2. The van der Waals surface area contributed by atoms with Crippen molar-refractivity contribution in [3.63, 3.8) is 0 Å². The first-order valence-corrected chi connectivity index (χ1v) is 6.57. The topological polar surface area (TPSA) is 29.3 Å². The highest BCUT2D eigenvalue weighted by Gasteiger charge is 2.32. The summed E-state index contributed by atoms with van der Waals surface area (Å²) in [6.45, 7) is 6.13. The molecule has 94 valence electrons. The van der Waals surface area contributed by atoms with E-state index in [0.29, 0.717) is 6.04 Å². The fraction of sp³-hybridized carbons (Fsp3) is 0.600. The Kier molecular flexibility index (Phi) is 3.85. The molecule has 1 aliphatic rings. The number of aryl methyl sites for hydroxylation is 2. The molecule has 0 aliphatic heterocycles. The van der Waals surface area contributed by atoms with Gasteiger partial charge < -0.3 is 5.73 Å². The van der Waals surface area contributed by atoms with Crippen LogP contribution in [0.3, 0.4) is 0 Å². The van der Waals surface area contributed by atoms with Gasteiger partial charge in [-0.2, -0.15) is 0 Å². The van der Waals surface area contributed by atoms with Crippen LogP contribution in [0.1, 0.15) is 29.5 Å². The summed E-state index contributed by atoms with van der Waals surface area (Å²) in [6, 6.07) is 7.36. The van der Waals surface area contributed by atoms with E-state index >= 15 is 0 Å². The zero-order chi connectivity index (χ0) is 12.4. The van der Waals surface area contributed by atoms with Crippen LogP contribution in [-0.2, 0) is 6.54 Å². The number of nitrogens with zero attached hydrogens (tertiary/aromatic N) is 1. The molecular formula is C15H24N2. The van der Waals surface area contributed by atoms with Gasteiger partial charge in [-0.1, -0.05) is 29.3 Å². The van der Waals surface area contributed by atoms with Gasteiger partial charge in [0.25, 0.3) is 0 Å². The molecule has 0 heterocycles. The van der Waals surface area contributed by atoms with E-state index < -0.39 is 0 Å². The smallest absolute Gasteiger partial charge is 0.0247 e. The van der Waals surface area contributed by atoms with E-state index in [1.54, 1.807) is 0 Å². The van der Waals surface area contributed by atoms with E-state index in [-0.39, 0.29) is 0 Å². The maximum Gasteiger partial charge on any atom is 0.0247 e. The summed E-state index contributed by atoms with van der Waals surface area (Å²) in [7, 11) is 2.20. The van der Waals surface area contributed by atoms with Crippen molar-refractivity contribution in [2.75, 3.05) is 13.6 Å². The Morgan fingerprint density at radius 3 is 2.29 bits per heavy atom. The molecule has 0 saturated heterocycles. The normalized spacial score (nSPS) is 17.5. The van der Waals surface area contributed by atoms with Crippen LogP contribution in [0.4, 0.5) is 0 Å². The van der Waals surface area contributed by atoms with Gasteiger partial charge >= 0.3 is 0 Å². The molecule has 17 heavy (non-hydrogen) atoms. The third kappa shape index (κ3) is 3.30. The van der Waals surface area contributed by atoms with Crippen molar-refractivity contribution < 1.29 is 0 Å². The lowest BCUT2D eigenvalue weighted by atomic mass is 10.1. The number of rotatable bonds is 5. The van der Waals surface area contributed by atoms with Gasteiger partial charge in [0.2, 0.25) is 0 Å². The summed E-state index contributed by atoms with van der Waals surface area (Å²) < 4.78 is 0.